The topological polar surface area (TPSA) is 46.3 Å². The summed E-state index contributed by atoms with van der Waals surface area (Å²) in [5.74, 6) is 1.58. The number of nitrogens with zero attached hydrogens (tertiary/aromatic N) is 1. The number of nitrogens with two attached hydrogens (primary N) is 1. The molecule has 2 unspecified atom stereocenters. The van der Waals surface area contributed by atoms with Gasteiger partial charge >= 0.3 is 0 Å². The van der Waals surface area contributed by atoms with Gasteiger partial charge in [-0.15, -0.1) is 11.3 Å². The average Bonchev–Trinajstić information content (AvgIpc) is 2.78. The Kier molecular flexibility index (Phi) is 4.95. The molecule has 0 spiro atoms. The Morgan fingerprint density at radius 1 is 1.44 bits per heavy atom. The van der Waals surface area contributed by atoms with Crippen molar-refractivity contribution >= 4 is 22.1 Å². The van der Waals surface area contributed by atoms with E-state index in [-0.39, 0.29) is 6.04 Å². The third-order valence-corrected chi connectivity index (χ3v) is 5.88. The van der Waals surface area contributed by atoms with Gasteiger partial charge < -0.3 is 5.73 Å². The minimum absolute atomic E-state index is 0.162. The highest BCUT2D eigenvalue weighted by Gasteiger charge is 2.29. The van der Waals surface area contributed by atoms with Crippen LogP contribution in [-0.4, -0.2) is 39.7 Å². The van der Waals surface area contributed by atoms with Gasteiger partial charge in [0, 0.05) is 51.2 Å². The van der Waals surface area contributed by atoms with Crippen LogP contribution in [-0.2, 0) is 10.8 Å². The van der Waals surface area contributed by atoms with Crippen LogP contribution in [0.3, 0.4) is 0 Å². The van der Waals surface area contributed by atoms with Crippen LogP contribution in [0.2, 0.25) is 0 Å². The van der Waals surface area contributed by atoms with Crippen LogP contribution in [0.5, 0.6) is 0 Å². The number of thiophene rings is 1. The van der Waals surface area contributed by atoms with E-state index in [1.807, 2.05) is 11.3 Å². The van der Waals surface area contributed by atoms with Gasteiger partial charge in [0.05, 0.1) is 6.04 Å². The maximum atomic E-state index is 11.5. The van der Waals surface area contributed by atoms with Crippen molar-refractivity contribution in [2.45, 2.75) is 32.4 Å². The molecule has 1 aliphatic heterocycles. The molecule has 0 radical (unpaired) electrons. The predicted molar refractivity (Wildman–Crippen MR) is 79.5 cm³/mol. The second kappa shape index (κ2) is 6.28. The molecular formula is C13H22N2OS2. The largest absolute Gasteiger partial charge is 0.326 e. The molecule has 3 nitrogen and oxygen atoms in total. The van der Waals surface area contributed by atoms with E-state index in [0.29, 0.717) is 6.04 Å². The Morgan fingerprint density at radius 2 is 2.11 bits per heavy atom. The van der Waals surface area contributed by atoms with Crippen LogP contribution in [0, 0.1) is 6.92 Å². The number of aryl methyl sites for hydroxylation is 1. The summed E-state index contributed by atoms with van der Waals surface area (Å²) in [4.78, 5) is 5.11. The van der Waals surface area contributed by atoms with Gasteiger partial charge in [-0.2, -0.15) is 0 Å². The summed E-state index contributed by atoms with van der Waals surface area (Å²) in [6.07, 6.45) is 0.973. The van der Waals surface area contributed by atoms with Crippen molar-refractivity contribution in [1.82, 2.24) is 4.90 Å². The fourth-order valence-electron chi connectivity index (χ4n) is 2.43. The lowest BCUT2D eigenvalue weighted by atomic mass is 10.0. The van der Waals surface area contributed by atoms with Gasteiger partial charge in [0.15, 0.2) is 0 Å². The van der Waals surface area contributed by atoms with Crippen LogP contribution in [0.1, 0.15) is 29.1 Å². The molecule has 0 amide bonds. The van der Waals surface area contributed by atoms with E-state index in [1.54, 1.807) is 0 Å². The molecule has 102 valence electrons. The van der Waals surface area contributed by atoms with Gasteiger partial charge in [-0.1, -0.05) is 6.92 Å². The van der Waals surface area contributed by atoms with Gasteiger partial charge in [0.1, 0.15) is 0 Å². The highest BCUT2D eigenvalue weighted by atomic mass is 32.2. The maximum Gasteiger partial charge on any atom is 0.0594 e. The summed E-state index contributed by atoms with van der Waals surface area (Å²) in [6, 6.07) is 4.82. The van der Waals surface area contributed by atoms with Crippen molar-refractivity contribution in [1.29, 1.82) is 0 Å². The molecular weight excluding hydrogens is 264 g/mol. The van der Waals surface area contributed by atoms with E-state index in [1.165, 1.54) is 9.75 Å². The Balaban J connectivity index is 2.17. The quantitative estimate of drug-likeness (QED) is 0.919. The number of rotatable bonds is 4. The van der Waals surface area contributed by atoms with Crippen LogP contribution in [0.15, 0.2) is 12.1 Å². The highest BCUT2D eigenvalue weighted by molar-refractivity contribution is 7.85. The maximum absolute atomic E-state index is 11.5. The predicted octanol–water partition coefficient (Wildman–Crippen LogP) is 1.90. The first kappa shape index (κ1) is 14.2. The molecule has 0 aromatic carbocycles. The third-order valence-electron chi connectivity index (χ3n) is 3.54. The van der Waals surface area contributed by atoms with Crippen LogP contribution in [0.25, 0.3) is 0 Å². The summed E-state index contributed by atoms with van der Waals surface area (Å²) in [5.41, 5.74) is 6.31. The van der Waals surface area contributed by atoms with E-state index in [9.17, 15) is 4.21 Å². The minimum Gasteiger partial charge on any atom is -0.326 e. The van der Waals surface area contributed by atoms with Gasteiger partial charge in [0.2, 0.25) is 0 Å². The van der Waals surface area contributed by atoms with E-state index in [0.717, 1.165) is 31.0 Å². The summed E-state index contributed by atoms with van der Waals surface area (Å²) in [7, 11) is -0.623. The van der Waals surface area contributed by atoms with Crippen molar-refractivity contribution < 1.29 is 4.21 Å². The zero-order valence-electron chi connectivity index (χ0n) is 11.1. The molecule has 18 heavy (non-hydrogen) atoms. The summed E-state index contributed by atoms with van der Waals surface area (Å²) < 4.78 is 11.5. The van der Waals surface area contributed by atoms with E-state index < -0.39 is 10.8 Å². The standard InChI is InChI=1S/C13H22N2OS2/c1-3-11(14)13(12-5-4-10(2)17-12)15-6-8-18(16)9-7-15/h4-5,11,13H,3,6-9,14H2,1-2H3. The Bertz CT molecular complexity index is 409. The second-order valence-electron chi connectivity index (χ2n) is 4.85. The van der Waals surface area contributed by atoms with Crippen LogP contribution < -0.4 is 5.73 Å². The molecule has 1 aliphatic rings. The molecule has 2 N–H and O–H groups in total. The van der Waals surface area contributed by atoms with Gasteiger partial charge in [-0.25, -0.2) is 0 Å². The Morgan fingerprint density at radius 3 is 2.61 bits per heavy atom. The lowest BCUT2D eigenvalue weighted by Gasteiger charge is -2.36. The number of hydrogen-bond acceptors (Lipinski definition) is 4. The molecule has 0 saturated carbocycles. The first-order chi connectivity index (χ1) is 8.61. The van der Waals surface area contributed by atoms with Crippen molar-refractivity contribution in [3.63, 3.8) is 0 Å². The number of hydrogen-bond donors (Lipinski definition) is 1. The molecule has 0 aliphatic carbocycles. The lowest BCUT2D eigenvalue weighted by Crippen LogP contribution is -2.46. The van der Waals surface area contributed by atoms with Crippen molar-refractivity contribution in [2.24, 2.45) is 5.73 Å². The zero-order chi connectivity index (χ0) is 13.1. The van der Waals surface area contributed by atoms with Crippen LogP contribution >= 0.6 is 11.3 Å². The van der Waals surface area contributed by atoms with Crippen molar-refractivity contribution in [3.05, 3.63) is 21.9 Å². The summed E-state index contributed by atoms with van der Waals surface area (Å²) in [5, 5.41) is 0. The molecule has 1 saturated heterocycles. The van der Waals surface area contributed by atoms with Gasteiger partial charge in [0.25, 0.3) is 0 Å². The lowest BCUT2D eigenvalue weighted by molar-refractivity contribution is 0.188. The molecule has 2 heterocycles. The normalized spacial score (nSPS) is 21.9. The molecule has 5 heteroatoms. The Hall–Kier alpha value is -0.230. The summed E-state index contributed by atoms with van der Waals surface area (Å²) in [6.45, 7) is 6.08. The second-order valence-corrected chi connectivity index (χ2v) is 7.87. The molecule has 2 atom stereocenters. The SMILES string of the molecule is CCC(N)C(c1ccc(C)s1)N1CCS(=O)CC1. The Labute approximate surface area is 116 Å². The fourth-order valence-corrected chi connectivity index (χ4v) is 4.60. The van der Waals surface area contributed by atoms with Gasteiger partial charge in [-0.3, -0.25) is 9.11 Å². The monoisotopic (exact) mass is 286 g/mol. The highest BCUT2D eigenvalue weighted by Crippen LogP contribution is 2.31. The summed E-state index contributed by atoms with van der Waals surface area (Å²) >= 11 is 1.84. The molecule has 1 fully saturated rings. The average molecular weight is 286 g/mol. The minimum atomic E-state index is -0.623. The molecule has 1 aromatic heterocycles. The first-order valence-corrected chi connectivity index (χ1v) is 8.83. The van der Waals surface area contributed by atoms with E-state index >= 15 is 0 Å². The van der Waals surface area contributed by atoms with E-state index in [2.05, 4.69) is 30.9 Å². The molecule has 0 bridgehead atoms. The van der Waals surface area contributed by atoms with Gasteiger partial charge in [-0.05, 0) is 25.5 Å². The van der Waals surface area contributed by atoms with E-state index in [4.69, 9.17) is 5.73 Å². The first-order valence-electron chi connectivity index (χ1n) is 6.52. The molecule has 2 rings (SSSR count). The van der Waals surface area contributed by atoms with Crippen molar-refractivity contribution in [3.8, 4) is 0 Å². The zero-order valence-corrected chi connectivity index (χ0v) is 12.7. The van der Waals surface area contributed by atoms with Crippen molar-refractivity contribution in [2.75, 3.05) is 24.6 Å². The smallest absolute Gasteiger partial charge is 0.0594 e. The van der Waals surface area contributed by atoms with Crippen LogP contribution in [0.4, 0.5) is 0 Å². The molecule has 1 aromatic rings. The fraction of sp³-hybridized carbons (Fsp3) is 0.692. The third kappa shape index (κ3) is 3.20.